The van der Waals surface area contributed by atoms with Crippen molar-refractivity contribution in [3.8, 4) is 5.75 Å². The van der Waals surface area contributed by atoms with Gasteiger partial charge in [0.2, 0.25) is 0 Å². The van der Waals surface area contributed by atoms with Crippen molar-refractivity contribution in [3.05, 3.63) is 53.8 Å². The third-order valence-corrected chi connectivity index (χ3v) is 6.12. The van der Waals surface area contributed by atoms with Gasteiger partial charge in [-0.2, -0.15) is 13.2 Å². The lowest BCUT2D eigenvalue weighted by atomic mass is 10.1. The average molecular weight is 474 g/mol. The molecule has 0 bridgehead atoms. The Hall–Kier alpha value is -2.82. The molecule has 3 rings (SSSR count). The second kappa shape index (κ2) is 9.35. The molecule has 0 aliphatic carbocycles. The van der Waals surface area contributed by atoms with E-state index in [9.17, 15) is 30.8 Å². The number of alkyl halides is 3. The third kappa shape index (κ3) is 5.90. The quantitative estimate of drug-likeness (QED) is 0.600. The van der Waals surface area contributed by atoms with Crippen LogP contribution in [0.3, 0.4) is 0 Å². The summed E-state index contributed by atoms with van der Waals surface area (Å²) in [7, 11) is -3.66. The van der Waals surface area contributed by atoms with Crippen molar-refractivity contribution in [2.75, 3.05) is 43.9 Å². The molecule has 6 nitrogen and oxygen atoms in total. The first kappa shape index (κ1) is 23.8. The monoisotopic (exact) mass is 474 g/mol. The number of amides is 1. The summed E-state index contributed by atoms with van der Waals surface area (Å²) in [6, 6.07) is 9.75. The van der Waals surface area contributed by atoms with Crippen molar-refractivity contribution in [2.24, 2.45) is 0 Å². The maximum atomic E-state index is 14.0. The summed E-state index contributed by atoms with van der Waals surface area (Å²) in [6.45, 7) is 0.408. The van der Waals surface area contributed by atoms with Crippen LogP contribution in [-0.4, -0.2) is 64.4 Å². The van der Waals surface area contributed by atoms with Crippen LogP contribution in [0.4, 0.5) is 23.2 Å². The van der Waals surface area contributed by atoms with Crippen molar-refractivity contribution >= 4 is 21.4 Å². The summed E-state index contributed by atoms with van der Waals surface area (Å²) < 4.78 is 80.4. The number of carbonyl (C=O) groups excluding carboxylic acids is 1. The van der Waals surface area contributed by atoms with Crippen LogP contribution in [-0.2, 0) is 9.84 Å². The molecule has 1 aliphatic heterocycles. The van der Waals surface area contributed by atoms with Gasteiger partial charge in [-0.05, 0) is 30.3 Å². The van der Waals surface area contributed by atoms with E-state index in [2.05, 4.69) is 0 Å². The van der Waals surface area contributed by atoms with Crippen molar-refractivity contribution < 1.29 is 35.5 Å². The molecule has 174 valence electrons. The van der Waals surface area contributed by atoms with Crippen LogP contribution in [0.15, 0.2) is 47.4 Å². The number of para-hydroxylation sites is 1. The Bertz CT molecular complexity index is 1080. The fourth-order valence-electron chi connectivity index (χ4n) is 3.34. The highest BCUT2D eigenvalue weighted by Gasteiger charge is 2.29. The zero-order chi connectivity index (χ0) is 23.5. The number of rotatable bonds is 6. The summed E-state index contributed by atoms with van der Waals surface area (Å²) in [5.74, 6) is -1.07. The molecule has 0 saturated carbocycles. The Morgan fingerprint density at radius 3 is 2.31 bits per heavy atom. The number of sulfone groups is 1. The highest BCUT2D eigenvalue weighted by Crippen LogP contribution is 2.27. The molecule has 11 heteroatoms. The number of anilines is 1. The van der Waals surface area contributed by atoms with Gasteiger partial charge in [0.1, 0.15) is 11.6 Å². The SMILES string of the molecule is CS(=O)(=O)c1ccc(OCCC(F)(F)F)c(C(=O)N2CCN(c3ccccc3F)CC2)c1. The molecule has 0 N–H and O–H groups in total. The molecule has 1 fully saturated rings. The number of carbonyl (C=O) groups is 1. The van der Waals surface area contributed by atoms with Crippen LogP contribution < -0.4 is 9.64 Å². The highest BCUT2D eigenvalue weighted by molar-refractivity contribution is 7.90. The Balaban J connectivity index is 1.79. The zero-order valence-electron chi connectivity index (χ0n) is 17.2. The van der Waals surface area contributed by atoms with Crippen molar-refractivity contribution in [3.63, 3.8) is 0 Å². The number of ether oxygens (including phenoxy) is 1. The molecule has 0 spiro atoms. The Kier molecular flexibility index (Phi) is 6.97. The van der Waals surface area contributed by atoms with Gasteiger partial charge in [-0.15, -0.1) is 0 Å². The van der Waals surface area contributed by atoms with E-state index in [0.29, 0.717) is 18.8 Å². The summed E-state index contributed by atoms with van der Waals surface area (Å²) in [4.78, 5) is 16.2. The first-order valence-electron chi connectivity index (χ1n) is 9.78. The molecule has 0 unspecified atom stereocenters. The Labute approximate surface area is 183 Å². The lowest BCUT2D eigenvalue weighted by Gasteiger charge is -2.36. The van der Waals surface area contributed by atoms with E-state index >= 15 is 0 Å². The van der Waals surface area contributed by atoms with E-state index in [1.807, 2.05) is 0 Å². The molecule has 1 heterocycles. The van der Waals surface area contributed by atoms with Crippen LogP contribution in [0.2, 0.25) is 0 Å². The molecule has 0 radical (unpaired) electrons. The van der Waals surface area contributed by atoms with Gasteiger partial charge in [-0.3, -0.25) is 4.79 Å². The Morgan fingerprint density at radius 2 is 1.72 bits per heavy atom. The van der Waals surface area contributed by atoms with E-state index < -0.39 is 34.9 Å². The summed E-state index contributed by atoms with van der Waals surface area (Å²) in [5, 5.41) is 0. The topological polar surface area (TPSA) is 66.9 Å². The van der Waals surface area contributed by atoms with E-state index in [1.165, 1.54) is 23.1 Å². The lowest BCUT2D eigenvalue weighted by Crippen LogP contribution is -2.49. The number of nitrogens with zero attached hydrogens (tertiary/aromatic N) is 2. The van der Waals surface area contributed by atoms with Gasteiger partial charge < -0.3 is 14.5 Å². The third-order valence-electron chi connectivity index (χ3n) is 5.01. The summed E-state index contributed by atoms with van der Waals surface area (Å²) in [6.07, 6.45) is -4.68. The van der Waals surface area contributed by atoms with Gasteiger partial charge in [0.15, 0.2) is 9.84 Å². The maximum absolute atomic E-state index is 14.0. The van der Waals surface area contributed by atoms with Crippen LogP contribution in [0.25, 0.3) is 0 Å². The summed E-state index contributed by atoms with van der Waals surface area (Å²) >= 11 is 0. The zero-order valence-corrected chi connectivity index (χ0v) is 18.0. The normalized spacial score (nSPS) is 15.0. The predicted octanol–water partition coefficient (Wildman–Crippen LogP) is 3.52. The van der Waals surface area contributed by atoms with Gasteiger partial charge in [0.05, 0.1) is 29.2 Å². The van der Waals surface area contributed by atoms with E-state index in [4.69, 9.17) is 4.74 Å². The van der Waals surface area contributed by atoms with Crippen molar-refractivity contribution in [1.82, 2.24) is 4.90 Å². The van der Waals surface area contributed by atoms with Gasteiger partial charge in [0.25, 0.3) is 5.91 Å². The number of hydrogen-bond acceptors (Lipinski definition) is 5. The average Bonchev–Trinajstić information content (AvgIpc) is 2.72. The molecule has 32 heavy (non-hydrogen) atoms. The first-order chi connectivity index (χ1) is 15.0. The Morgan fingerprint density at radius 1 is 1.06 bits per heavy atom. The van der Waals surface area contributed by atoms with E-state index in [1.54, 1.807) is 23.1 Å². The minimum atomic E-state index is -4.43. The molecular formula is C21H22F4N2O4S. The number of hydrogen-bond donors (Lipinski definition) is 0. The highest BCUT2D eigenvalue weighted by atomic mass is 32.2. The van der Waals surface area contributed by atoms with Crippen LogP contribution >= 0.6 is 0 Å². The van der Waals surface area contributed by atoms with Crippen LogP contribution in [0.1, 0.15) is 16.8 Å². The number of halogens is 4. The molecule has 1 amide bonds. The minimum absolute atomic E-state index is 0.122. The molecule has 1 aliphatic rings. The molecule has 1 saturated heterocycles. The minimum Gasteiger partial charge on any atom is -0.492 e. The molecule has 0 atom stereocenters. The molecule has 2 aromatic carbocycles. The second-order valence-electron chi connectivity index (χ2n) is 7.37. The smallest absolute Gasteiger partial charge is 0.392 e. The van der Waals surface area contributed by atoms with E-state index in [0.717, 1.165) is 12.3 Å². The van der Waals surface area contributed by atoms with Gasteiger partial charge >= 0.3 is 6.18 Å². The van der Waals surface area contributed by atoms with Crippen LogP contribution in [0, 0.1) is 5.82 Å². The van der Waals surface area contributed by atoms with Gasteiger partial charge in [0, 0.05) is 32.4 Å². The largest absolute Gasteiger partial charge is 0.492 e. The van der Waals surface area contributed by atoms with Crippen molar-refractivity contribution in [1.29, 1.82) is 0 Å². The molecular weight excluding hydrogens is 452 g/mol. The molecule has 2 aromatic rings. The van der Waals surface area contributed by atoms with E-state index in [-0.39, 0.29) is 35.1 Å². The predicted molar refractivity (Wildman–Crippen MR) is 110 cm³/mol. The van der Waals surface area contributed by atoms with Gasteiger partial charge in [-0.25, -0.2) is 12.8 Å². The maximum Gasteiger partial charge on any atom is 0.392 e. The number of piperazine rings is 1. The summed E-state index contributed by atoms with van der Waals surface area (Å²) in [5.41, 5.74) is 0.282. The fraction of sp³-hybridized carbons (Fsp3) is 0.381. The van der Waals surface area contributed by atoms with Crippen molar-refractivity contribution in [2.45, 2.75) is 17.5 Å². The lowest BCUT2D eigenvalue weighted by molar-refractivity contribution is -0.139. The first-order valence-corrected chi connectivity index (χ1v) is 11.7. The van der Waals surface area contributed by atoms with Crippen LogP contribution in [0.5, 0.6) is 5.75 Å². The number of benzene rings is 2. The standard InChI is InChI=1S/C21H22F4N2O4S/c1-32(29,30)15-6-7-19(31-13-8-21(23,24)25)16(14-15)20(28)27-11-9-26(10-12-27)18-5-3-2-4-17(18)22/h2-7,14H,8-13H2,1H3. The fourth-order valence-corrected chi connectivity index (χ4v) is 3.99. The molecule has 0 aromatic heterocycles. The van der Waals surface area contributed by atoms with Gasteiger partial charge in [-0.1, -0.05) is 12.1 Å². The second-order valence-corrected chi connectivity index (χ2v) is 9.39.